The Morgan fingerprint density at radius 3 is 2.70 bits per heavy atom. The molecule has 27 heavy (non-hydrogen) atoms. The van der Waals surface area contributed by atoms with E-state index >= 15 is 0 Å². The van der Waals surface area contributed by atoms with Crippen molar-refractivity contribution in [3.8, 4) is 6.07 Å². The van der Waals surface area contributed by atoms with Crippen LogP contribution >= 0.6 is 23.2 Å². The third-order valence-corrected chi connectivity index (χ3v) is 4.47. The molecule has 1 amide bonds. The number of carbonyl (C=O) groups excluding carboxylic acids is 1. The molecule has 2 aromatic rings. The largest absolute Gasteiger partial charge is 0.385 e. The van der Waals surface area contributed by atoms with Gasteiger partial charge in [-0.2, -0.15) is 10.4 Å². The molecule has 1 aromatic carbocycles. The molecule has 1 N–H and O–H groups in total. The van der Waals surface area contributed by atoms with E-state index in [9.17, 15) is 10.1 Å². The van der Waals surface area contributed by atoms with E-state index in [1.54, 1.807) is 30.8 Å². The SMILES string of the molecule is COCCCNC(=O)/C(C#N)=C/c1c(C)nn(Cc2ccc(Cl)cc2)c1Cl. The second kappa shape index (κ2) is 10.1. The van der Waals surface area contributed by atoms with Crippen molar-refractivity contribution in [2.24, 2.45) is 0 Å². The molecule has 0 radical (unpaired) electrons. The van der Waals surface area contributed by atoms with Crippen molar-refractivity contribution in [2.45, 2.75) is 19.9 Å². The first-order valence-corrected chi connectivity index (χ1v) is 9.08. The molecule has 0 bridgehead atoms. The van der Waals surface area contributed by atoms with Gasteiger partial charge in [-0.15, -0.1) is 0 Å². The number of nitriles is 1. The Bertz CT molecular complexity index is 867. The number of halogens is 2. The van der Waals surface area contributed by atoms with Gasteiger partial charge in [-0.25, -0.2) is 4.68 Å². The zero-order valence-electron chi connectivity index (χ0n) is 15.1. The summed E-state index contributed by atoms with van der Waals surface area (Å²) in [7, 11) is 1.59. The Labute approximate surface area is 168 Å². The lowest BCUT2D eigenvalue weighted by Crippen LogP contribution is -2.26. The van der Waals surface area contributed by atoms with Crippen LogP contribution in [0, 0.1) is 18.3 Å². The Morgan fingerprint density at radius 2 is 2.07 bits per heavy atom. The normalized spacial score (nSPS) is 11.3. The zero-order valence-corrected chi connectivity index (χ0v) is 16.6. The van der Waals surface area contributed by atoms with Crippen LogP contribution in [-0.2, 0) is 16.1 Å². The molecule has 0 atom stereocenters. The van der Waals surface area contributed by atoms with E-state index in [0.29, 0.717) is 47.6 Å². The number of rotatable bonds is 8. The second-order valence-corrected chi connectivity index (χ2v) is 6.64. The Hall–Kier alpha value is -2.33. The molecule has 2 rings (SSSR count). The summed E-state index contributed by atoms with van der Waals surface area (Å²) in [5, 5.41) is 17.4. The van der Waals surface area contributed by atoms with Gasteiger partial charge in [0.1, 0.15) is 16.8 Å². The number of ether oxygens (including phenoxy) is 1. The number of aryl methyl sites for hydroxylation is 1. The summed E-state index contributed by atoms with van der Waals surface area (Å²) in [6, 6.07) is 9.29. The third kappa shape index (κ3) is 5.83. The highest BCUT2D eigenvalue weighted by Crippen LogP contribution is 2.24. The minimum atomic E-state index is -0.450. The van der Waals surface area contributed by atoms with Crippen LogP contribution in [-0.4, -0.2) is 35.9 Å². The number of hydrogen-bond acceptors (Lipinski definition) is 4. The number of nitrogens with one attached hydrogen (secondary N) is 1. The first kappa shape index (κ1) is 21.0. The predicted octanol–water partition coefficient (Wildman–Crippen LogP) is 3.61. The summed E-state index contributed by atoms with van der Waals surface area (Å²) in [6.45, 7) is 3.19. The van der Waals surface area contributed by atoms with Crippen molar-refractivity contribution < 1.29 is 9.53 Å². The number of amides is 1. The lowest BCUT2D eigenvalue weighted by molar-refractivity contribution is -0.117. The minimum Gasteiger partial charge on any atom is -0.385 e. The maximum absolute atomic E-state index is 12.2. The Kier molecular flexibility index (Phi) is 7.86. The molecule has 0 aliphatic heterocycles. The molecule has 0 saturated heterocycles. The van der Waals surface area contributed by atoms with Crippen molar-refractivity contribution in [2.75, 3.05) is 20.3 Å². The average molecular weight is 407 g/mol. The lowest BCUT2D eigenvalue weighted by Gasteiger charge is -2.05. The summed E-state index contributed by atoms with van der Waals surface area (Å²) >= 11 is 12.3. The van der Waals surface area contributed by atoms with Crippen molar-refractivity contribution in [1.82, 2.24) is 15.1 Å². The molecule has 0 unspecified atom stereocenters. The van der Waals surface area contributed by atoms with Gasteiger partial charge in [0.15, 0.2) is 0 Å². The molecular formula is C19H20Cl2N4O2. The van der Waals surface area contributed by atoms with Crippen molar-refractivity contribution >= 4 is 35.2 Å². The molecule has 0 spiro atoms. The van der Waals surface area contributed by atoms with Gasteiger partial charge in [0, 0.05) is 30.8 Å². The van der Waals surface area contributed by atoms with Crippen LogP contribution in [0.15, 0.2) is 29.8 Å². The van der Waals surface area contributed by atoms with Crippen LogP contribution in [0.3, 0.4) is 0 Å². The Morgan fingerprint density at radius 1 is 1.37 bits per heavy atom. The highest BCUT2D eigenvalue weighted by molar-refractivity contribution is 6.31. The standard InChI is InChI=1S/C19H20Cl2N4O2/c1-13-17(10-15(11-22)19(26)23-8-3-9-27-2)18(21)25(24-13)12-14-4-6-16(20)7-5-14/h4-7,10H,3,8-9,12H2,1-2H3,(H,23,26)/b15-10+. The highest BCUT2D eigenvalue weighted by atomic mass is 35.5. The predicted molar refractivity (Wildman–Crippen MR) is 106 cm³/mol. The zero-order chi connectivity index (χ0) is 19.8. The summed E-state index contributed by atoms with van der Waals surface area (Å²) in [6.07, 6.45) is 2.13. The Balaban J connectivity index is 2.18. The molecule has 142 valence electrons. The highest BCUT2D eigenvalue weighted by Gasteiger charge is 2.16. The molecule has 0 fully saturated rings. The van der Waals surface area contributed by atoms with Crippen molar-refractivity contribution in [3.05, 3.63) is 56.8 Å². The van der Waals surface area contributed by atoms with Crippen LogP contribution in [0.2, 0.25) is 10.2 Å². The molecule has 6 nitrogen and oxygen atoms in total. The number of benzene rings is 1. The summed E-state index contributed by atoms with van der Waals surface area (Å²) < 4.78 is 6.55. The molecule has 0 saturated carbocycles. The summed E-state index contributed by atoms with van der Waals surface area (Å²) in [5.41, 5.74) is 2.14. The van der Waals surface area contributed by atoms with E-state index in [1.165, 1.54) is 6.08 Å². The van der Waals surface area contributed by atoms with E-state index in [0.717, 1.165) is 5.56 Å². The fraction of sp³-hybridized carbons (Fsp3) is 0.316. The number of carbonyl (C=O) groups is 1. The third-order valence-electron chi connectivity index (χ3n) is 3.82. The monoisotopic (exact) mass is 406 g/mol. The van der Waals surface area contributed by atoms with Gasteiger partial charge < -0.3 is 10.1 Å². The van der Waals surface area contributed by atoms with Gasteiger partial charge in [-0.3, -0.25) is 4.79 Å². The molecule has 0 aliphatic rings. The van der Waals surface area contributed by atoms with Crippen LogP contribution < -0.4 is 5.32 Å². The number of methoxy groups -OCH3 is 1. The number of hydrogen-bond donors (Lipinski definition) is 1. The van der Waals surface area contributed by atoms with Gasteiger partial charge in [0.2, 0.25) is 0 Å². The smallest absolute Gasteiger partial charge is 0.261 e. The van der Waals surface area contributed by atoms with Gasteiger partial charge >= 0.3 is 0 Å². The van der Waals surface area contributed by atoms with E-state index in [4.69, 9.17) is 27.9 Å². The van der Waals surface area contributed by atoms with E-state index in [-0.39, 0.29) is 5.57 Å². The van der Waals surface area contributed by atoms with Gasteiger partial charge in [-0.1, -0.05) is 35.3 Å². The van der Waals surface area contributed by atoms with Crippen molar-refractivity contribution in [1.29, 1.82) is 5.26 Å². The lowest BCUT2D eigenvalue weighted by atomic mass is 10.1. The van der Waals surface area contributed by atoms with E-state index < -0.39 is 5.91 Å². The molecule has 8 heteroatoms. The van der Waals surface area contributed by atoms with Crippen LogP contribution in [0.5, 0.6) is 0 Å². The molecule has 0 aliphatic carbocycles. The molecule has 1 heterocycles. The quantitative estimate of drug-likeness (QED) is 0.412. The van der Waals surface area contributed by atoms with E-state index in [1.807, 2.05) is 18.2 Å². The van der Waals surface area contributed by atoms with Gasteiger partial charge in [0.25, 0.3) is 5.91 Å². The molecular weight excluding hydrogens is 387 g/mol. The maximum Gasteiger partial charge on any atom is 0.261 e. The number of aromatic nitrogens is 2. The fourth-order valence-corrected chi connectivity index (χ4v) is 2.82. The first-order valence-electron chi connectivity index (χ1n) is 8.32. The summed E-state index contributed by atoms with van der Waals surface area (Å²) in [4.78, 5) is 12.2. The maximum atomic E-state index is 12.2. The van der Waals surface area contributed by atoms with Crippen molar-refractivity contribution in [3.63, 3.8) is 0 Å². The van der Waals surface area contributed by atoms with Gasteiger partial charge in [-0.05, 0) is 37.1 Å². The minimum absolute atomic E-state index is 0.0246. The van der Waals surface area contributed by atoms with Crippen LogP contribution in [0.25, 0.3) is 6.08 Å². The molecule has 1 aromatic heterocycles. The van der Waals surface area contributed by atoms with Gasteiger partial charge in [0.05, 0.1) is 12.2 Å². The first-order chi connectivity index (χ1) is 13.0. The second-order valence-electron chi connectivity index (χ2n) is 5.85. The fourth-order valence-electron chi connectivity index (χ4n) is 2.41. The van der Waals surface area contributed by atoms with Crippen LogP contribution in [0.4, 0.5) is 0 Å². The summed E-state index contributed by atoms with van der Waals surface area (Å²) in [5.74, 6) is -0.450. The average Bonchev–Trinajstić information content (AvgIpc) is 2.91. The topological polar surface area (TPSA) is 79.9 Å². The van der Waals surface area contributed by atoms with E-state index in [2.05, 4.69) is 10.4 Å². The van der Waals surface area contributed by atoms with Crippen LogP contribution in [0.1, 0.15) is 23.2 Å². The number of nitrogens with zero attached hydrogens (tertiary/aromatic N) is 3.